The number of Topliss-reactive ketones (excluding diaryl/α,β-unsaturated/α-hetero) is 1. The van der Waals surface area contributed by atoms with E-state index in [9.17, 15) is 9.59 Å². The third kappa shape index (κ3) is 12.0. The van der Waals surface area contributed by atoms with E-state index in [0.717, 1.165) is 34.2 Å². The van der Waals surface area contributed by atoms with Gasteiger partial charge in [0.25, 0.3) is 0 Å². The number of nitrogens with two attached hydrogens (primary N) is 1. The minimum atomic E-state index is -0.981. The second-order valence-corrected chi connectivity index (χ2v) is 7.78. The Morgan fingerprint density at radius 1 is 1.07 bits per heavy atom. The molecule has 0 radical (unpaired) electrons. The van der Waals surface area contributed by atoms with Crippen LogP contribution in [0.2, 0.25) is 0 Å². The molecular formula is C30H44N6O4. The van der Waals surface area contributed by atoms with Gasteiger partial charge in [0.1, 0.15) is 11.6 Å². The van der Waals surface area contributed by atoms with Crippen LogP contribution in [0.1, 0.15) is 69.2 Å². The molecule has 5 N–H and O–H groups in total. The molecule has 2 aromatic heterocycles. The van der Waals surface area contributed by atoms with Crippen molar-refractivity contribution in [1.82, 2.24) is 14.6 Å². The number of methoxy groups -OCH3 is 1. The molecular weight excluding hydrogens is 508 g/mol. The van der Waals surface area contributed by atoms with Crippen LogP contribution in [-0.2, 0) is 4.74 Å². The minimum Gasteiger partial charge on any atom is -0.497 e. The summed E-state index contributed by atoms with van der Waals surface area (Å²) in [7, 11) is 1.63. The molecule has 0 unspecified atom stereocenters. The highest BCUT2D eigenvalue weighted by atomic mass is 16.5. The van der Waals surface area contributed by atoms with Crippen LogP contribution in [-0.4, -0.2) is 51.7 Å². The van der Waals surface area contributed by atoms with Crippen molar-refractivity contribution in [2.24, 2.45) is 5.73 Å². The smallest absolute Gasteiger partial charge is 0.335 e. The van der Waals surface area contributed by atoms with E-state index in [1.807, 2.05) is 59.8 Å². The third-order valence-corrected chi connectivity index (χ3v) is 4.81. The molecule has 0 atom stereocenters. The Labute approximate surface area is 237 Å². The number of aromatic carboxylic acids is 1. The molecule has 1 aromatic carbocycles. The Kier molecular flexibility index (Phi) is 17.4. The number of allylic oxidation sites excluding steroid dienone is 4. The van der Waals surface area contributed by atoms with Crippen molar-refractivity contribution in [1.29, 1.82) is 0 Å². The summed E-state index contributed by atoms with van der Waals surface area (Å²) in [4.78, 5) is 25.5. The van der Waals surface area contributed by atoms with Crippen molar-refractivity contribution in [2.45, 2.75) is 48.5 Å². The molecule has 3 aromatic rings. The number of carbonyl (C=O) groups is 2. The van der Waals surface area contributed by atoms with Gasteiger partial charge >= 0.3 is 5.97 Å². The van der Waals surface area contributed by atoms with Gasteiger partial charge in [-0.15, -0.1) is 5.10 Å². The van der Waals surface area contributed by atoms with Crippen LogP contribution in [0.5, 0.6) is 0 Å². The fraction of sp³-hybridized carbons (Fsp3) is 0.333. The molecule has 0 aliphatic rings. The van der Waals surface area contributed by atoms with E-state index >= 15 is 0 Å². The summed E-state index contributed by atoms with van der Waals surface area (Å²) >= 11 is 0. The van der Waals surface area contributed by atoms with Gasteiger partial charge in [-0.25, -0.2) is 14.3 Å². The number of rotatable bonds is 10. The number of fused-ring (bicyclic) bond motifs is 1. The molecule has 0 amide bonds. The first-order valence-electron chi connectivity index (χ1n) is 13.1. The fourth-order valence-electron chi connectivity index (χ4n) is 2.98. The van der Waals surface area contributed by atoms with Gasteiger partial charge < -0.3 is 26.2 Å². The summed E-state index contributed by atoms with van der Waals surface area (Å²) in [6.07, 6.45) is 7.32. The minimum absolute atomic E-state index is 0.0630. The highest BCUT2D eigenvalue weighted by Crippen LogP contribution is 2.20. The predicted octanol–water partition coefficient (Wildman–Crippen LogP) is 6.16. The second-order valence-electron chi connectivity index (χ2n) is 7.78. The molecule has 0 aliphatic heterocycles. The number of ketones is 1. The quantitative estimate of drug-likeness (QED) is 0.132. The molecule has 3 rings (SSSR count). The number of anilines is 2. The number of carboxylic acid groups (broad SMARTS) is 1. The van der Waals surface area contributed by atoms with Crippen LogP contribution >= 0.6 is 0 Å². The lowest BCUT2D eigenvalue weighted by atomic mass is 10.1. The largest absolute Gasteiger partial charge is 0.497 e. The van der Waals surface area contributed by atoms with Gasteiger partial charge in [-0.2, -0.15) is 0 Å². The number of imidazole rings is 1. The average molecular weight is 553 g/mol. The molecule has 10 nitrogen and oxygen atoms in total. The van der Waals surface area contributed by atoms with E-state index in [1.54, 1.807) is 24.0 Å². The van der Waals surface area contributed by atoms with Crippen molar-refractivity contribution in [2.75, 3.05) is 30.8 Å². The number of nitrogens with zero attached hydrogens (tertiary/aromatic N) is 3. The van der Waals surface area contributed by atoms with Crippen LogP contribution < -0.4 is 16.4 Å². The van der Waals surface area contributed by atoms with E-state index < -0.39 is 5.97 Å². The first-order valence-corrected chi connectivity index (χ1v) is 13.1. The van der Waals surface area contributed by atoms with Crippen molar-refractivity contribution in [3.8, 4) is 0 Å². The van der Waals surface area contributed by atoms with E-state index in [1.165, 1.54) is 31.2 Å². The van der Waals surface area contributed by atoms with Crippen molar-refractivity contribution >= 4 is 28.9 Å². The maximum Gasteiger partial charge on any atom is 0.335 e. The van der Waals surface area contributed by atoms with Crippen LogP contribution in [0.4, 0.5) is 11.5 Å². The molecule has 0 aliphatic carbocycles. The average Bonchev–Trinajstić information content (AvgIpc) is 3.44. The summed E-state index contributed by atoms with van der Waals surface area (Å²) in [5.74, 6) is 0.426. The van der Waals surface area contributed by atoms with Gasteiger partial charge in [0.15, 0.2) is 11.4 Å². The summed E-state index contributed by atoms with van der Waals surface area (Å²) in [6, 6.07) is 7.75. The molecule has 0 saturated carbocycles. The number of hydrogen-bond donors (Lipinski definition) is 4. The Bertz CT molecular complexity index is 1240. The van der Waals surface area contributed by atoms with E-state index in [2.05, 4.69) is 27.3 Å². The van der Waals surface area contributed by atoms with E-state index in [4.69, 9.17) is 15.6 Å². The highest BCUT2D eigenvalue weighted by Gasteiger charge is 2.07. The van der Waals surface area contributed by atoms with Crippen LogP contribution in [0.3, 0.4) is 0 Å². The highest BCUT2D eigenvalue weighted by molar-refractivity contribution is 5.95. The maximum absolute atomic E-state index is 10.8. The number of hydrogen-bond acceptors (Lipinski definition) is 8. The maximum atomic E-state index is 10.8. The van der Waals surface area contributed by atoms with Gasteiger partial charge in [-0.05, 0) is 50.6 Å². The van der Waals surface area contributed by atoms with Crippen molar-refractivity contribution < 1.29 is 19.4 Å². The molecule has 0 saturated heterocycles. The fourth-order valence-corrected chi connectivity index (χ4v) is 2.98. The number of nitrogens with one attached hydrogen (secondary N) is 2. The number of benzene rings is 1. The second kappa shape index (κ2) is 19.6. The van der Waals surface area contributed by atoms with Crippen LogP contribution in [0, 0.1) is 0 Å². The van der Waals surface area contributed by atoms with Gasteiger partial charge in [0.2, 0.25) is 0 Å². The van der Waals surface area contributed by atoms with E-state index in [-0.39, 0.29) is 11.3 Å². The van der Waals surface area contributed by atoms with Gasteiger partial charge in [-0.1, -0.05) is 46.4 Å². The Morgan fingerprint density at radius 3 is 2.17 bits per heavy atom. The molecule has 0 bridgehead atoms. The molecule has 10 heteroatoms. The zero-order chi connectivity index (χ0) is 30.7. The van der Waals surface area contributed by atoms with Gasteiger partial charge in [0, 0.05) is 42.8 Å². The lowest BCUT2D eigenvalue weighted by Crippen LogP contribution is -2.15. The zero-order valence-corrected chi connectivity index (χ0v) is 24.9. The normalized spacial score (nSPS) is 10.5. The molecule has 0 spiro atoms. The first-order chi connectivity index (χ1) is 19.2. The predicted molar refractivity (Wildman–Crippen MR) is 164 cm³/mol. The van der Waals surface area contributed by atoms with Gasteiger partial charge in [-0.3, -0.25) is 4.79 Å². The Balaban J connectivity index is 0.000000797. The number of aromatic nitrogens is 3. The third-order valence-electron chi connectivity index (χ3n) is 4.81. The standard InChI is InChI=1S/C17H24N6O.C9H8O3.2C2H6/c1-12(2)15(24-4)6-5-13(3)21-14-11-16(19-8-7-18)22-23-10-9-20-17(14)23;1-6(10)7-2-4-8(5-3-7)9(11)12;2*1-2/h5-6,9-11,21H,1,7-8,18H2,2-4H3,(H,19,22);2-5H,1H3,(H,11,12);2*1-2H3/b13-5+,15-6+;;;. The summed E-state index contributed by atoms with van der Waals surface area (Å²) in [5.41, 5.74) is 9.66. The zero-order valence-electron chi connectivity index (χ0n) is 24.9. The number of ether oxygens (including phenoxy) is 1. The summed E-state index contributed by atoms with van der Waals surface area (Å²) in [6.45, 7) is 18.4. The Morgan fingerprint density at radius 2 is 1.68 bits per heavy atom. The van der Waals surface area contributed by atoms with E-state index in [0.29, 0.717) is 18.7 Å². The Hall–Kier alpha value is -4.44. The van der Waals surface area contributed by atoms with Crippen molar-refractivity contribution in [3.05, 3.63) is 89.6 Å². The molecule has 218 valence electrons. The van der Waals surface area contributed by atoms with Gasteiger partial charge in [0.05, 0.1) is 18.4 Å². The molecule has 40 heavy (non-hydrogen) atoms. The lowest BCUT2D eigenvalue weighted by molar-refractivity contribution is 0.0696. The molecule has 2 heterocycles. The van der Waals surface area contributed by atoms with Crippen LogP contribution in [0.15, 0.2) is 78.5 Å². The number of carbonyl (C=O) groups excluding carboxylic acids is 1. The lowest BCUT2D eigenvalue weighted by Gasteiger charge is -2.11. The summed E-state index contributed by atoms with van der Waals surface area (Å²) in [5, 5.41) is 19.5. The topological polar surface area (TPSA) is 144 Å². The first kappa shape index (κ1) is 35.6. The SMILES string of the molecule is C=C(C)/C(=C\C=C(/C)Nc1cc(NCCN)nn2ccnc12)OC.CC.CC.CC(=O)c1ccc(C(=O)O)cc1. The number of carboxylic acids is 1. The monoisotopic (exact) mass is 552 g/mol. The van der Waals surface area contributed by atoms with Crippen LogP contribution in [0.25, 0.3) is 5.65 Å². The molecule has 0 fully saturated rings. The summed E-state index contributed by atoms with van der Waals surface area (Å²) < 4.78 is 7.00. The van der Waals surface area contributed by atoms with Crippen molar-refractivity contribution in [3.63, 3.8) is 0 Å².